The van der Waals surface area contributed by atoms with Crippen LogP contribution >= 0.6 is 0 Å². The van der Waals surface area contributed by atoms with Gasteiger partial charge in [-0.05, 0) is 44.4 Å². The van der Waals surface area contributed by atoms with E-state index >= 15 is 0 Å². The van der Waals surface area contributed by atoms with Crippen molar-refractivity contribution >= 4 is 0 Å². The summed E-state index contributed by atoms with van der Waals surface area (Å²) < 4.78 is 5.23. The molecule has 1 aromatic rings. The predicted molar refractivity (Wildman–Crippen MR) is 72.8 cm³/mol. The van der Waals surface area contributed by atoms with Crippen LogP contribution in [-0.2, 0) is 5.60 Å². The highest BCUT2D eigenvalue weighted by molar-refractivity contribution is 5.32. The molecule has 2 rings (SSSR count). The smallest absolute Gasteiger partial charge is 0.119 e. The van der Waals surface area contributed by atoms with E-state index in [9.17, 15) is 5.11 Å². The maximum absolute atomic E-state index is 10.8. The predicted octanol–water partition coefficient (Wildman–Crippen LogP) is 2.39. The maximum atomic E-state index is 10.8. The van der Waals surface area contributed by atoms with Gasteiger partial charge in [-0.2, -0.15) is 0 Å². The molecule has 0 bridgehead atoms. The molecule has 0 saturated carbocycles. The Morgan fingerprint density at radius 2 is 1.94 bits per heavy atom. The fourth-order valence-corrected chi connectivity index (χ4v) is 2.61. The van der Waals surface area contributed by atoms with Crippen LogP contribution in [0.1, 0.15) is 32.3 Å². The lowest BCUT2D eigenvalue weighted by atomic mass is 9.84. The molecule has 1 saturated heterocycles. The molecule has 0 amide bonds. The van der Waals surface area contributed by atoms with E-state index in [1.54, 1.807) is 7.11 Å². The Morgan fingerprint density at radius 1 is 1.28 bits per heavy atom. The molecule has 1 aliphatic rings. The Morgan fingerprint density at radius 3 is 2.50 bits per heavy atom. The number of nitrogens with zero attached hydrogens (tertiary/aromatic N) is 1. The highest BCUT2D eigenvalue weighted by Gasteiger charge is 2.34. The first-order valence-corrected chi connectivity index (χ1v) is 6.66. The van der Waals surface area contributed by atoms with E-state index in [1.165, 1.54) is 0 Å². The summed E-state index contributed by atoms with van der Waals surface area (Å²) in [5, 5.41) is 10.8. The molecule has 0 spiro atoms. The van der Waals surface area contributed by atoms with Crippen molar-refractivity contribution in [2.45, 2.75) is 38.3 Å². The van der Waals surface area contributed by atoms with Crippen molar-refractivity contribution in [3.63, 3.8) is 0 Å². The Balaban J connectivity index is 2.12. The van der Waals surface area contributed by atoms with Crippen molar-refractivity contribution in [1.29, 1.82) is 0 Å². The van der Waals surface area contributed by atoms with Gasteiger partial charge in [0.15, 0.2) is 0 Å². The summed E-state index contributed by atoms with van der Waals surface area (Å²) in [5.41, 5.74) is 0.283. The molecule has 100 valence electrons. The van der Waals surface area contributed by atoms with E-state index in [-0.39, 0.29) is 0 Å². The molecule has 1 aromatic carbocycles. The topological polar surface area (TPSA) is 32.7 Å². The van der Waals surface area contributed by atoms with Crippen LogP contribution in [0.5, 0.6) is 5.75 Å². The highest BCUT2D eigenvalue weighted by atomic mass is 16.5. The summed E-state index contributed by atoms with van der Waals surface area (Å²) >= 11 is 0. The van der Waals surface area contributed by atoms with Crippen molar-refractivity contribution in [2.24, 2.45) is 0 Å². The second kappa shape index (κ2) is 5.29. The van der Waals surface area contributed by atoms with Crippen LogP contribution in [0.4, 0.5) is 0 Å². The Hall–Kier alpha value is -1.06. The van der Waals surface area contributed by atoms with Gasteiger partial charge in [-0.3, -0.25) is 0 Å². The maximum Gasteiger partial charge on any atom is 0.119 e. The van der Waals surface area contributed by atoms with E-state index < -0.39 is 5.60 Å². The van der Waals surface area contributed by atoms with Crippen LogP contribution < -0.4 is 4.74 Å². The average molecular weight is 249 g/mol. The van der Waals surface area contributed by atoms with Crippen molar-refractivity contribution in [1.82, 2.24) is 4.90 Å². The summed E-state index contributed by atoms with van der Waals surface area (Å²) in [4.78, 5) is 2.41. The van der Waals surface area contributed by atoms with Gasteiger partial charge >= 0.3 is 0 Å². The van der Waals surface area contributed by atoms with Crippen LogP contribution in [0.25, 0.3) is 0 Å². The van der Waals surface area contributed by atoms with E-state index in [2.05, 4.69) is 18.7 Å². The van der Waals surface area contributed by atoms with Gasteiger partial charge in [-0.25, -0.2) is 0 Å². The molecule has 3 heteroatoms. The molecular weight excluding hydrogens is 226 g/mol. The monoisotopic (exact) mass is 249 g/mol. The molecule has 3 nitrogen and oxygen atoms in total. The van der Waals surface area contributed by atoms with Gasteiger partial charge in [0.25, 0.3) is 0 Å². The fourth-order valence-electron chi connectivity index (χ4n) is 2.61. The van der Waals surface area contributed by atoms with Gasteiger partial charge in [0, 0.05) is 19.1 Å². The van der Waals surface area contributed by atoms with Crippen LogP contribution in [0.3, 0.4) is 0 Å². The quantitative estimate of drug-likeness (QED) is 0.893. The number of rotatable bonds is 3. The van der Waals surface area contributed by atoms with Gasteiger partial charge in [0.2, 0.25) is 0 Å². The first-order valence-electron chi connectivity index (χ1n) is 6.66. The number of piperidine rings is 1. The first kappa shape index (κ1) is 13.4. The Bertz CT molecular complexity index is 395. The minimum atomic E-state index is -0.695. The van der Waals surface area contributed by atoms with Gasteiger partial charge in [0.1, 0.15) is 5.75 Å². The molecule has 0 atom stereocenters. The zero-order valence-corrected chi connectivity index (χ0v) is 11.5. The lowest BCUT2D eigenvalue weighted by Crippen LogP contribution is -2.45. The largest absolute Gasteiger partial charge is 0.497 e. The van der Waals surface area contributed by atoms with Crippen molar-refractivity contribution in [2.75, 3.05) is 20.2 Å². The van der Waals surface area contributed by atoms with E-state index in [4.69, 9.17) is 4.74 Å². The number of methoxy groups -OCH3 is 1. The standard InChI is InChI=1S/C15H23NO2/c1-12(2)16-9-7-15(17,8-10-16)13-5-4-6-14(11-13)18-3/h4-6,11-12,17H,7-10H2,1-3H3. The van der Waals surface area contributed by atoms with Gasteiger partial charge in [-0.1, -0.05) is 12.1 Å². The van der Waals surface area contributed by atoms with Crippen LogP contribution in [-0.4, -0.2) is 36.2 Å². The molecule has 0 aromatic heterocycles. The van der Waals surface area contributed by atoms with Crippen LogP contribution in [0.2, 0.25) is 0 Å². The second-order valence-electron chi connectivity index (χ2n) is 5.39. The lowest BCUT2D eigenvalue weighted by Gasteiger charge is -2.40. The normalized spacial score (nSPS) is 20.1. The number of hydrogen-bond donors (Lipinski definition) is 1. The van der Waals surface area contributed by atoms with E-state index in [0.717, 1.165) is 37.2 Å². The molecule has 0 aliphatic carbocycles. The van der Waals surface area contributed by atoms with Crippen LogP contribution in [0.15, 0.2) is 24.3 Å². The summed E-state index contributed by atoms with van der Waals surface area (Å²) in [6.45, 7) is 6.31. The number of likely N-dealkylation sites (tertiary alicyclic amines) is 1. The minimum Gasteiger partial charge on any atom is -0.497 e. The number of hydrogen-bond acceptors (Lipinski definition) is 3. The Labute approximate surface area is 109 Å². The second-order valence-corrected chi connectivity index (χ2v) is 5.39. The van der Waals surface area contributed by atoms with Crippen LogP contribution in [0, 0.1) is 0 Å². The molecule has 0 radical (unpaired) electrons. The average Bonchev–Trinajstić information content (AvgIpc) is 2.39. The zero-order chi connectivity index (χ0) is 13.2. The van der Waals surface area contributed by atoms with Gasteiger partial charge < -0.3 is 14.7 Å². The lowest BCUT2D eigenvalue weighted by molar-refractivity contribution is -0.0325. The third-order valence-electron chi connectivity index (χ3n) is 3.96. The molecule has 18 heavy (non-hydrogen) atoms. The third-order valence-corrected chi connectivity index (χ3v) is 3.96. The van der Waals surface area contributed by atoms with Crippen molar-refractivity contribution in [3.05, 3.63) is 29.8 Å². The molecule has 1 fully saturated rings. The summed E-state index contributed by atoms with van der Waals surface area (Å²) in [6.07, 6.45) is 1.58. The third kappa shape index (κ3) is 2.68. The molecule has 0 unspecified atom stereocenters. The zero-order valence-electron chi connectivity index (χ0n) is 11.5. The van der Waals surface area contributed by atoms with Gasteiger partial charge in [-0.15, -0.1) is 0 Å². The molecule has 1 heterocycles. The minimum absolute atomic E-state index is 0.555. The SMILES string of the molecule is COc1cccc(C2(O)CCN(C(C)C)CC2)c1. The summed E-state index contributed by atoms with van der Waals surface area (Å²) in [5.74, 6) is 0.812. The summed E-state index contributed by atoms with van der Waals surface area (Å²) in [6, 6.07) is 8.36. The molecule has 1 N–H and O–H groups in total. The Kier molecular flexibility index (Phi) is 3.93. The highest BCUT2D eigenvalue weighted by Crippen LogP contribution is 2.34. The molecule has 1 aliphatic heterocycles. The summed E-state index contributed by atoms with van der Waals surface area (Å²) in [7, 11) is 1.66. The van der Waals surface area contributed by atoms with E-state index in [0.29, 0.717) is 6.04 Å². The fraction of sp³-hybridized carbons (Fsp3) is 0.600. The number of benzene rings is 1. The number of ether oxygens (including phenoxy) is 1. The van der Waals surface area contributed by atoms with E-state index in [1.807, 2.05) is 24.3 Å². The van der Waals surface area contributed by atoms with Crippen molar-refractivity contribution in [3.8, 4) is 5.75 Å². The first-order chi connectivity index (χ1) is 8.55. The number of aliphatic hydroxyl groups is 1. The molecular formula is C15H23NO2. The van der Waals surface area contributed by atoms with Gasteiger partial charge in [0.05, 0.1) is 12.7 Å². The van der Waals surface area contributed by atoms with Crippen molar-refractivity contribution < 1.29 is 9.84 Å².